The van der Waals surface area contributed by atoms with Crippen LogP contribution in [0.15, 0.2) is 12.4 Å². The van der Waals surface area contributed by atoms with Crippen LogP contribution in [0.1, 0.15) is 16.4 Å². The summed E-state index contributed by atoms with van der Waals surface area (Å²) in [6.07, 6.45) is 2.97. The molecule has 1 fully saturated rings. The van der Waals surface area contributed by atoms with Gasteiger partial charge in [-0.1, -0.05) is 0 Å². The number of carboxylic acid groups (broad SMARTS) is 1. The maximum atomic E-state index is 10.5. The average Bonchev–Trinajstić information content (AvgIpc) is 2.46. The molecule has 0 unspecified atom stereocenters. The lowest BCUT2D eigenvalue weighted by atomic mass is 10.1. The number of likely N-dealkylation sites (tertiary alicyclic amines) is 1. The summed E-state index contributed by atoms with van der Waals surface area (Å²) in [5, 5.41) is 12.7. The zero-order valence-electron chi connectivity index (χ0n) is 7.34. The third-order valence-electron chi connectivity index (χ3n) is 2.27. The minimum absolute atomic E-state index is 0.259. The molecule has 0 radical (unpaired) electrons. The molecule has 0 atom stereocenters. The van der Waals surface area contributed by atoms with Crippen molar-refractivity contribution in [3.63, 3.8) is 0 Å². The molecule has 5 nitrogen and oxygen atoms in total. The average molecular weight is 181 g/mol. The van der Waals surface area contributed by atoms with Crippen LogP contribution >= 0.6 is 0 Å². The Morgan fingerprint density at radius 2 is 2.38 bits per heavy atom. The van der Waals surface area contributed by atoms with Gasteiger partial charge in [-0.25, -0.2) is 4.79 Å². The van der Waals surface area contributed by atoms with E-state index in [1.54, 1.807) is 10.9 Å². The third kappa shape index (κ3) is 1.42. The molecule has 0 saturated carbocycles. The quantitative estimate of drug-likeness (QED) is 0.701. The number of aromatic carboxylic acids is 1. The molecule has 1 aromatic rings. The molecule has 0 bridgehead atoms. The molecule has 1 aliphatic heterocycles. The first kappa shape index (κ1) is 8.25. The van der Waals surface area contributed by atoms with E-state index < -0.39 is 5.97 Å². The van der Waals surface area contributed by atoms with Crippen LogP contribution < -0.4 is 0 Å². The Bertz CT molecular complexity index is 328. The maximum Gasteiger partial charge on any atom is 0.338 e. The van der Waals surface area contributed by atoms with Gasteiger partial charge < -0.3 is 10.0 Å². The lowest BCUT2D eigenvalue weighted by Gasteiger charge is -2.36. The van der Waals surface area contributed by atoms with Crippen molar-refractivity contribution in [2.75, 3.05) is 20.1 Å². The van der Waals surface area contributed by atoms with Crippen molar-refractivity contribution in [1.82, 2.24) is 14.7 Å². The van der Waals surface area contributed by atoms with Gasteiger partial charge in [0.15, 0.2) is 0 Å². The Morgan fingerprint density at radius 1 is 1.69 bits per heavy atom. The molecule has 0 amide bonds. The molecule has 1 saturated heterocycles. The van der Waals surface area contributed by atoms with E-state index in [1.165, 1.54) is 6.20 Å². The zero-order chi connectivity index (χ0) is 9.42. The van der Waals surface area contributed by atoms with Gasteiger partial charge in [-0.3, -0.25) is 4.68 Å². The van der Waals surface area contributed by atoms with Gasteiger partial charge in [-0.05, 0) is 7.05 Å². The largest absolute Gasteiger partial charge is 0.478 e. The van der Waals surface area contributed by atoms with Crippen LogP contribution in [0.2, 0.25) is 0 Å². The minimum atomic E-state index is -0.918. The van der Waals surface area contributed by atoms with E-state index in [1.807, 2.05) is 7.05 Å². The van der Waals surface area contributed by atoms with Crippen molar-refractivity contribution in [1.29, 1.82) is 0 Å². The van der Waals surface area contributed by atoms with Crippen molar-refractivity contribution >= 4 is 5.97 Å². The molecule has 0 aliphatic carbocycles. The first-order chi connectivity index (χ1) is 6.16. The highest BCUT2D eigenvalue weighted by Crippen LogP contribution is 2.18. The van der Waals surface area contributed by atoms with E-state index in [2.05, 4.69) is 10.00 Å². The standard InChI is InChI=1S/C8H11N3O2/c1-10-4-7(5-10)11-3-6(2-9-11)8(12)13/h2-3,7H,4-5H2,1H3,(H,12,13). The van der Waals surface area contributed by atoms with Gasteiger partial charge in [0.2, 0.25) is 0 Å². The molecular weight excluding hydrogens is 170 g/mol. The van der Waals surface area contributed by atoms with Gasteiger partial charge in [0.05, 0.1) is 17.8 Å². The van der Waals surface area contributed by atoms with E-state index in [4.69, 9.17) is 5.11 Å². The summed E-state index contributed by atoms with van der Waals surface area (Å²) in [7, 11) is 2.03. The molecule has 13 heavy (non-hydrogen) atoms. The van der Waals surface area contributed by atoms with Crippen molar-refractivity contribution in [3.8, 4) is 0 Å². The SMILES string of the molecule is CN1CC(n2cc(C(=O)O)cn2)C1. The fourth-order valence-electron chi connectivity index (χ4n) is 1.48. The predicted molar refractivity (Wildman–Crippen MR) is 45.7 cm³/mol. The topological polar surface area (TPSA) is 58.4 Å². The number of aromatic nitrogens is 2. The van der Waals surface area contributed by atoms with E-state index in [-0.39, 0.29) is 5.56 Å². The first-order valence-electron chi connectivity index (χ1n) is 4.13. The summed E-state index contributed by atoms with van der Waals surface area (Å²) >= 11 is 0. The monoisotopic (exact) mass is 181 g/mol. The van der Waals surface area contributed by atoms with Gasteiger partial charge in [0, 0.05) is 19.3 Å². The van der Waals surface area contributed by atoms with E-state index in [9.17, 15) is 4.79 Å². The van der Waals surface area contributed by atoms with Gasteiger partial charge in [0.25, 0.3) is 0 Å². The molecule has 0 aromatic carbocycles. The second kappa shape index (κ2) is 2.85. The number of nitrogens with zero attached hydrogens (tertiary/aromatic N) is 3. The van der Waals surface area contributed by atoms with Crippen LogP contribution in [-0.4, -0.2) is 45.9 Å². The summed E-state index contributed by atoms with van der Waals surface area (Å²) in [6.45, 7) is 1.89. The summed E-state index contributed by atoms with van der Waals surface area (Å²) in [5.41, 5.74) is 0.259. The highest BCUT2D eigenvalue weighted by Gasteiger charge is 2.25. The first-order valence-corrected chi connectivity index (χ1v) is 4.13. The van der Waals surface area contributed by atoms with Crippen molar-refractivity contribution in [2.45, 2.75) is 6.04 Å². The molecule has 2 rings (SSSR count). The highest BCUT2D eigenvalue weighted by molar-refractivity contribution is 5.86. The molecular formula is C8H11N3O2. The Labute approximate surface area is 75.6 Å². The lowest BCUT2D eigenvalue weighted by Crippen LogP contribution is -2.45. The number of hydrogen-bond acceptors (Lipinski definition) is 3. The summed E-state index contributed by atoms with van der Waals surface area (Å²) in [6, 6.07) is 0.345. The summed E-state index contributed by atoms with van der Waals surface area (Å²) < 4.78 is 1.73. The number of carbonyl (C=O) groups is 1. The Kier molecular flexibility index (Phi) is 1.81. The van der Waals surface area contributed by atoms with Gasteiger partial charge in [0.1, 0.15) is 0 Å². The van der Waals surface area contributed by atoms with E-state index in [0.717, 1.165) is 13.1 Å². The molecule has 70 valence electrons. The number of carboxylic acids is 1. The maximum absolute atomic E-state index is 10.5. The van der Waals surface area contributed by atoms with Crippen LogP contribution in [-0.2, 0) is 0 Å². The number of hydrogen-bond donors (Lipinski definition) is 1. The van der Waals surface area contributed by atoms with Gasteiger partial charge in [-0.15, -0.1) is 0 Å². The van der Waals surface area contributed by atoms with Crippen LogP contribution in [0.4, 0.5) is 0 Å². The van der Waals surface area contributed by atoms with Crippen LogP contribution in [0.5, 0.6) is 0 Å². The molecule has 1 aromatic heterocycles. The van der Waals surface area contributed by atoms with Crippen LogP contribution in [0.3, 0.4) is 0 Å². The van der Waals surface area contributed by atoms with Crippen molar-refractivity contribution in [2.24, 2.45) is 0 Å². The number of likely N-dealkylation sites (N-methyl/N-ethyl adjacent to an activating group) is 1. The van der Waals surface area contributed by atoms with Crippen LogP contribution in [0.25, 0.3) is 0 Å². The smallest absolute Gasteiger partial charge is 0.338 e. The fraction of sp³-hybridized carbons (Fsp3) is 0.500. The van der Waals surface area contributed by atoms with Crippen molar-refractivity contribution in [3.05, 3.63) is 18.0 Å². The molecule has 0 spiro atoms. The second-order valence-electron chi connectivity index (χ2n) is 3.39. The molecule has 5 heteroatoms. The second-order valence-corrected chi connectivity index (χ2v) is 3.39. The van der Waals surface area contributed by atoms with Crippen molar-refractivity contribution < 1.29 is 9.90 Å². The summed E-state index contributed by atoms with van der Waals surface area (Å²) in [5.74, 6) is -0.918. The molecule has 1 N–H and O–H groups in total. The Balaban J connectivity index is 2.10. The summed E-state index contributed by atoms with van der Waals surface area (Å²) in [4.78, 5) is 12.7. The third-order valence-corrected chi connectivity index (χ3v) is 2.27. The van der Waals surface area contributed by atoms with E-state index in [0.29, 0.717) is 6.04 Å². The van der Waals surface area contributed by atoms with Gasteiger partial charge in [-0.2, -0.15) is 5.10 Å². The predicted octanol–water partition coefficient (Wildman–Crippen LogP) is 0.0678. The molecule has 2 heterocycles. The van der Waals surface area contributed by atoms with E-state index >= 15 is 0 Å². The normalized spacial score (nSPS) is 18.5. The molecule has 1 aliphatic rings. The highest BCUT2D eigenvalue weighted by atomic mass is 16.4. The Hall–Kier alpha value is -1.36. The fourth-order valence-corrected chi connectivity index (χ4v) is 1.48. The zero-order valence-corrected chi connectivity index (χ0v) is 7.34. The lowest BCUT2D eigenvalue weighted by molar-refractivity contribution is 0.0696. The Morgan fingerprint density at radius 3 is 2.85 bits per heavy atom. The minimum Gasteiger partial charge on any atom is -0.478 e. The van der Waals surface area contributed by atoms with Crippen LogP contribution in [0, 0.1) is 0 Å². The number of rotatable bonds is 2. The van der Waals surface area contributed by atoms with Gasteiger partial charge >= 0.3 is 5.97 Å².